The van der Waals surface area contributed by atoms with E-state index in [0.717, 1.165) is 37.6 Å². The summed E-state index contributed by atoms with van der Waals surface area (Å²) in [6.07, 6.45) is 2.27. The van der Waals surface area contributed by atoms with Crippen molar-refractivity contribution in [3.05, 3.63) is 23.8 Å². The van der Waals surface area contributed by atoms with Crippen LogP contribution < -0.4 is 14.8 Å². The molecule has 1 saturated heterocycles. The van der Waals surface area contributed by atoms with Gasteiger partial charge in [-0.15, -0.1) is 0 Å². The van der Waals surface area contributed by atoms with Crippen LogP contribution in [0.5, 0.6) is 11.5 Å². The van der Waals surface area contributed by atoms with Crippen LogP contribution in [-0.2, 0) is 6.42 Å². The zero-order chi connectivity index (χ0) is 12.4. The zero-order valence-electron chi connectivity index (χ0n) is 10.8. The number of aryl methyl sites for hydroxylation is 1. The summed E-state index contributed by atoms with van der Waals surface area (Å²) in [6, 6.07) is 6.91. The Bertz CT molecular complexity index is 422. The van der Waals surface area contributed by atoms with E-state index in [4.69, 9.17) is 9.47 Å². The van der Waals surface area contributed by atoms with Crippen molar-refractivity contribution >= 4 is 0 Å². The second-order valence-corrected chi connectivity index (χ2v) is 5.06. The first-order chi connectivity index (χ1) is 8.83. The van der Waals surface area contributed by atoms with Gasteiger partial charge < -0.3 is 19.7 Å². The van der Waals surface area contributed by atoms with E-state index in [9.17, 15) is 0 Å². The van der Waals surface area contributed by atoms with Gasteiger partial charge in [0.15, 0.2) is 11.5 Å². The largest absolute Gasteiger partial charge is 0.454 e. The summed E-state index contributed by atoms with van der Waals surface area (Å²) in [4.78, 5) is 2.45. The number of piperazine rings is 1. The molecule has 1 atom stereocenters. The van der Waals surface area contributed by atoms with Gasteiger partial charge in [0.2, 0.25) is 6.79 Å². The number of benzene rings is 1. The Morgan fingerprint density at radius 1 is 1.33 bits per heavy atom. The molecule has 2 aliphatic rings. The van der Waals surface area contributed by atoms with Gasteiger partial charge >= 0.3 is 0 Å². The predicted octanol–water partition coefficient (Wildman–Crippen LogP) is 1.25. The van der Waals surface area contributed by atoms with Gasteiger partial charge in [-0.25, -0.2) is 0 Å². The van der Waals surface area contributed by atoms with E-state index in [-0.39, 0.29) is 0 Å². The molecule has 0 bridgehead atoms. The second-order valence-electron chi connectivity index (χ2n) is 5.06. The molecular formula is C14H20N2O2. The van der Waals surface area contributed by atoms with Gasteiger partial charge in [-0.2, -0.15) is 0 Å². The number of likely N-dealkylation sites (N-methyl/N-ethyl adjacent to an activating group) is 1. The Hall–Kier alpha value is -1.26. The number of hydrogen-bond acceptors (Lipinski definition) is 4. The lowest BCUT2D eigenvalue weighted by molar-refractivity contribution is 0.174. The molecule has 1 unspecified atom stereocenters. The van der Waals surface area contributed by atoms with Crippen LogP contribution in [0.4, 0.5) is 0 Å². The highest BCUT2D eigenvalue weighted by Crippen LogP contribution is 2.32. The maximum absolute atomic E-state index is 5.41. The number of rotatable bonds is 3. The molecule has 0 aliphatic carbocycles. The van der Waals surface area contributed by atoms with E-state index in [2.05, 4.69) is 29.4 Å². The lowest BCUT2D eigenvalue weighted by atomic mass is 10.0. The van der Waals surface area contributed by atoms with E-state index in [1.807, 2.05) is 6.07 Å². The third kappa shape index (κ3) is 2.44. The van der Waals surface area contributed by atoms with Crippen molar-refractivity contribution in [1.29, 1.82) is 0 Å². The Kier molecular flexibility index (Phi) is 3.39. The highest BCUT2D eigenvalue weighted by Gasteiger charge is 2.19. The minimum atomic E-state index is 0.355. The summed E-state index contributed by atoms with van der Waals surface area (Å²) in [5, 5.41) is 3.46. The van der Waals surface area contributed by atoms with E-state index in [0.29, 0.717) is 12.8 Å². The monoisotopic (exact) mass is 248 g/mol. The molecule has 0 amide bonds. The van der Waals surface area contributed by atoms with Crippen LogP contribution in [0.2, 0.25) is 0 Å². The average molecular weight is 248 g/mol. The van der Waals surface area contributed by atoms with Crippen LogP contribution in [0.3, 0.4) is 0 Å². The van der Waals surface area contributed by atoms with Crippen LogP contribution in [0, 0.1) is 0 Å². The summed E-state index contributed by atoms with van der Waals surface area (Å²) < 4.78 is 10.7. The van der Waals surface area contributed by atoms with Gasteiger partial charge in [0.05, 0.1) is 0 Å². The maximum Gasteiger partial charge on any atom is 0.231 e. The van der Waals surface area contributed by atoms with Gasteiger partial charge in [0.1, 0.15) is 0 Å². The first-order valence-corrected chi connectivity index (χ1v) is 6.62. The van der Waals surface area contributed by atoms with Crippen LogP contribution in [0.25, 0.3) is 0 Å². The standard InChI is InChI=1S/C14H20N2O2/c1-16-7-6-15-9-12(16)4-2-11-3-5-13-14(8-11)18-10-17-13/h3,5,8,12,15H,2,4,6-7,9-10H2,1H3. The molecule has 1 aromatic rings. The molecule has 3 rings (SSSR count). The Balaban J connectivity index is 1.59. The minimum Gasteiger partial charge on any atom is -0.454 e. The van der Waals surface area contributed by atoms with Crippen LogP contribution in [0.15, 0.2) is 18.2 Å². The minimum absolute atomic E-state index is 0.355. The summed E-state index contributed by atoms with van der Waals surface area (Å²) in [5.74, 6) is 1.76. The van der Waals surface area contributed by atoms with Crippen LogP contribution in [-0.4, -0.2) is 44.4 Å². The van der Waals surface area contributed by atoms with E-state index in [1.54, 1.807) is 0 Å². The summed E-state index contributed by atoms with van der Waals surface area (Å²) in [7, 11) is 2.21. The second kappa shape index (κ2) is 5.16. The number of ether oxygens (including phenoxy) is 2. The number of hydrogen-bond donors (Lipinski definition) is 1. The van der Waals surface area contributed by atoms with Crippen molar-refractivity contribution < 1.29 is 9.47 Å². The summed E-state index contributed by atoms with van der Waals surface area (Å²) in [5.41, 5.74) is 1.33. The van der Waals surface area contributed by atoms with Crippen LogP contribution >= 0.6 is 0 Å². The van der Waals surface area contributed by atoms with Crippen molar-refractivity contribution in [2.24, 2.45) is 0 Å². The average Bonchev–Trinajstić information content (AvgIpc) is 2.85. The molecule has 98 valence electrons. The molecule has 0 spiro atoms. The van der Waals surface area contributed by atoms with Gasteiger partial charge in [0.25, 0.3) is 0 Å². The highest BCUT2D eigenvalue weighted by molar-refractivity contribution is 5.44. The molecule has 1 aromatic carbocycles. The maximum atomic E-state index is 5.41. The molecular weight excluding hydrogens is 228 g/mol. The molecule has 2 heterocycles. The Morgan fingerprint density at radius 2 is 2.22 bits per heavy atom. The van der Waals surface area contributed by atoms with Gasteiger partial charge in [-0.3, -0.25) is 0 Å². The van der Waals surface area contributed by atoms with Gasteiger partial charge in [-0.1, -0.05) is 6.07 Å². The zero-order valence-corrected chi connectivity index (χ0v) is 10.8. The molecule has 1 fully saturated rings. The molecule has 0 saturated carbocycles. The third-order valence-corrected chi connectivity index (χ3v) is 3.85. The topological polar surface area (TPSA) is 33.7 Å². The van der Waals surface area contributed by atoms with Crippen molar-refractivity contribution in [2.45, 2.75) is 18.9 Å². The molecule has 0 radical (unpaired) electrons. The molecule has 2 aliphatic heterocycles. The fourth-order valence-corrected chi connectivity index (χ4v) is 2.61. The van der Waals surface area contributed by atoms with Gasteiger partial charge in [-0.05, 0) is 37.6 Å². The van der Waals surface area contributed by atoms with Crippen LogP contribution in [0.1, 0.15) is 12.0 Å². The molecule has 18 heavy (non-hydrogen) atoms. The lowest BCUT2D eigenvalue weighted by Gasteiger charge is -2.33. The molecule has 4 nitrogen and oxygen atoms in total. The van der Waals surface area contributed by atoms with E-state index >= 15 is 0 Å². The number of nitrogens with zero attached hydrogens (tertiary/aromatic N) is 1. The van der Waals surface area contributed by atoms with Gasteiger partial charge in [0, 0.05) is 25.7 Å². The fourth-order valence-electron chi connectivity index (χ4n) is 2.61. The Labute approximate surface area is 108 Å². The first kappa shape index (κ1) is 11.8. The quantitative estimate of drug-likeness (QED) is 0.873. The fraction of sp³-hybridized carbons (Fsp3) is 0.571. The predicted molar refractivity (Wildman–Crippen MR) is 70.2 cm³/mol. The first-order valence-electron chi connectivity index (χ1n) is 6.62. The van der Waals surface area contributed by atoms with Crippen molar-refractivity contribution in [3.63, 3.8) is 0 Å². The number of nitrogens with one attached hydrogen (secondary N) is 1. The summed E-state index contributed by atoms with van der Waals surface area (Å²) >= 11 is 0. The Morgan fingerprint density at radius 3 is 3.11 bits per heavy atom. The van der Waals surface area contributed by atoms with Crippen molar-refractivity contribution in [3.8, 4) is 11.5 Å². The van der Waals surface area contributed by atoms with E-state index in [1.165, 1.54) is 12.0 Å². The van der Waals surface area contributed by atoms with Crippen molar-refractivity contribution in [2.75, 3.05) is 33.5 Å². The normalized spacial score (nSPS) is 23.3. The highest BCUT2D eigenvalue weighted by atomic mass is 16.7. The SMILES string of the molecule is CN1CCNCC1CCc1ccc2c(c1)OCO2. The smallest absolute Gasteiger partial charge is 0.231 e. The molecule has 1 N–H and O–H groups in total. The third-order valence-electron chi connectivity index (χ3n) is 3.85. The molecule has 4 heteroatoms. The van der Waals surface area contributed by atoms with Crippen molar-refractivity contribution in [1.82, 2.24) is 10.2 Å². The lowest BCUT2D eigenvalue weighted by Crippen LogP contribution is -2.49. The summed E-state index contributed by atoms with van der Waals surface area (Å²) in [6.45, 7) is 3.71. The number of fused-ring (bicyclic) bond motifs is 1. The van der Waals surface area contributed by atoms with E-state index < -0.39 is 0 Å². The molecule has 0 aromatic heterocycles.